The van der Waals surface area contributed by atoms with Gasteiger partial charge in [-0.05, 0) is 36.8 Å². The van der Waals surface area contributed by atoms with Gasteiger partial charge in [-0.15, -0.1) is 11.3 Å². The number of benzene rings is 1. The van der Waals surface area contributed by atoms with Crippen LogP contribution in [-0.2, 0) is 0 Å². The molecule has 0 spiro atoms. The molecule has 1 N–H and O–H groups in total. The number of amides is 1. The third-order valence-electron chi connectivity index (χ3n) is 2.49. The molecule has 0 aliphatic heterocycles. The molecule has 2 rings (SSSR count). The van der Waals surface area contributed by atoms with E-state index in [0.29, 0.717) is 11.5 Å². The summed E-state index contributed by atoms with van der Waals surface area (Å²) in [5.74, 6) is 0.803. The van der Waals surface area contributed by atoms with Gasteiger partial charge in [-0.1, -0.05) is 12.1 Å². The smallest absolute Gasteiger partial charge is 0.261 e. The molecule has 94 valence electrons. The van der Waals surface area contributed by atoms with Crippen LogP contribution in [0.1, 0.15) is 16.6 Å². The zero-order valence-electron chi connectivity index (χ0n) is 10.4. The normalized spacial score (nSPS) is 10.1. The van der Waals surface area contributed by atoms with Crippen molar-refractivity contribution in [2.24, 2.45) is 0 Å². The Morgan fingerprint density at radius 2 is 2.17 bits per heavy atom. The van der Waals surface area contributed by atoms with E-state index in [0.717, 1.165) is 16.2 Å². The molecule has 2 aromatic rings. The predicted octanol–water partition coefficient (Wildman–Crippen LogP) is 3.17. The molecule has 1 heterocycles. The van der Waals surface area contributed by atoms with E-state index in [-0.39, 0.29) is 5.91 Å². The second-order valence-electron chi connectivity index (χ2n) is 3.70. The fourth-order valence-corrected chi connectivity index (χ4v) is 2.59. The summed E-state index contributed by atoms with van der Waals surface area (Å²) in [7, 11) is 1.64. The number of ether oxygens (including phenoxy) is 1. The summed E-state index contributed by atoms with van der Waals surface area (Å²) in [4.78, 5) is 13.3. The third kappa shape index (κ3) is 2.71. The maximum absolute atomic E-state index is 11.5. The summed E-state index contributed by atoms with van der Waals surface area (Å²) >= 11 is 1.48. The van der Waals surface area contributed by atoms with Gasteiger partial charge in [0.2, 0.25) is 0 Å². The highest BCUT2D eigenvalue weighted by Crippen LogP contribution is 2.30. The van der Waals surface area contributed by atoms with Gasteiger partial charge in [-0.2, -0.15) is 0 Å². The molecule has 1 aromatic heterocycles. The van der Waals surface area contributed by atoms with E-state index in [1.165, 1.54) is 11.3 Å². The van der Waals surface area contributed by atoms with Crippen LogP contribution in [0.3, 0.4) is 0 Å². The Kier molecular flexibility index (Phi) is 3.99. The highest BCUT2D eigenvalue weighted by molar-refractivity contribution is 7.17. The van der Waals surface area contributed by atoms with Crippen LogP contribution in [0, 0.1) is 0 Å². The van der Waals surface area contributed by atoms with Crippen molar-refractivity contribution in [3.8, 4) is 16.2 Å². The molecule has 0 bridgehead atoms. The van der Waals surface area contributed by atoms with E-state index in [9.17, 15) is 4.79 Å². The van der Waals surface area contributed by atoms with E-state index >= 15 is 0 Å². The molecule has 0 atom stereocenters. The Bertz CT molecular complexity index is 548. The van der Waals surface area contributed by atoms with Crippen molar-refractivity contribution in [1.29, 1.82) is 0 Å². The van der Waals surface area contributed by atoms with Crippen LogP contribution in [0.25, 0.3) is 10.4 Å². The average molecular weight is 261 g/mol. The standard InChI is InChI=1S/C14H15NO2S/c1-3-17-11-6-4-5-10(9-11)12-7-8-13(18-12)14(16)15-2/h4-9H,3H2,1-2H3,(H,15,16). The van der Waals surface area contributed by atoms with Crippen molar-refractivity contribution >= 4 is 17.2 Å². The Morgan fingerprint density at radius 1 is 1.33 bits per heavy atom. The van der Waals surface area contributed by atoms with Crippen molar-refractivity contribution in [3.63, 3.8) is 0 Å². The fraction of sp³-hybridized carbons (Fsp3) is 0.214. The van der Waals surface area contributed by atoms with E-state index in [1.54, 1.807) is 7.05 Å². The number of nitrogens with one attached hydrogen (secondary N) is 1. The maximum Gasteiger partial charge on any atom is 0.261 e. The number of hydrogen-bond acceptors (Lipinski definition) is 3. The molecule has 0 saturated carbocycles. The first kappa shape index (κ1) is 12.6. The monoisotopic (exact) mass is 261 g/mol. The first-order valence-corrected chi connectivity index (χ1v) is 6.61. The summed E-state index contributed by atoms with van der Waals surface area (Å²) in [6.45, 7) is 2.61. The molecule has 0 unspecified atom stereocenters. The van der Waals surface area contributed by atoms with Gasteiger partial charge in [-0.3, -0.25) is 4.79 Å². The topological polar surface area (TPSA) is 38.3 Å². The first-order valence-electron chi connectivity index (χ1n) is 5.79. The molecular formula is C14H15NO2S. The molecule has 0 fully saturated rings. The van der Waals surface area contributed by atoms with Gasteiger partial charge in [0.1, 0.15) is 5.75 Å². The molecular weight excluding hydrogens is 246 g/mol. The Morgan fingerprint density at radius 3 is 2.89 bits per heavy atom. The largest absolute Gasteiger partial charge is 0.494 e. The van der Waals surface area contributed by atoms with Gasteiger partial charge in [-0.25, -0.2) is 0 Å². The van der Waals surface area contributed by atoms with Gasteiger partial charge in [0, 0.05) is 11.9 Å². The molecule has 1 amide bonds. The minimum atomic E-state index is -0.0489. The predicted molar refractivity (Wildman–Crippen MR) is 74.3 cm³/mol. The van der Waals surface area contributed by atoms with Crippen LogP contribution in [0.4, 0.5) is 0 Å². The molecule has 1 aromatic carbocycles. The van der Waals surface area contributed by atoms with E-state index in [1.807, 2.05) is 43.3 Å². The number of carbonyl (C=O) groups excluding carboxylic acids is 1. The number of thiophene rings is 1. The third-order valence-corrected chi connectivity index (χ3v) is 3.62. The molecule has 0 radical (unpaired) electrons. The summed E-state index contributed by atoms with van der Waals surface area (Å²) in [5.41, 5.74) is 1.07. The highest BCUT2D eigenvalue weighted by atomic mass is 32.1. The zero-order valence-corrected chi connectivity index (χ0v) is 11.2. The van der Waals surface area contributed by atoms with Crippen molar-refractivity contribution in [2.45, 2.75) is 6.92 Å². The Labute approximate surface area is 110 Å². The van der Waals surface area contributed by atoms with Crippen LogP contribution in [0.2, 0.25) is 0 Å². The highest BCUT2D eigenvalue weighted by Gasteiger charge is 2.08. The first-order chi connectivity index (χ1) is 8.74. The van der Waals surface area contributed by atoms with Gasteiger partial charge < -0.3 is 10.1 Å². The van der Waals surface area contributed by atoms with Gasteiger partial charge >= 0.3 is 0 Å². The Balaban J connectivity index is 2.28. The van der Waals surface area contributed by atoms with Crippen LogP contribution in [-0.4, -0.2) is 19.6 Å². The lowest BCUT2D eigenvalue weighted by molar-refractivity contribution is 0.0967. The van der Waals surface area contributed by atoms with Crippen LogP contribution in [0.15, 0.2) is 36.4 Å². The quantitative estimate of drug-likeness (QED) is 0.918. The minimum absolute atomic E-state index is 0.0489. The lowest BCUT2D eigenvalue weighted by Crippen LogP contribution is -2.15. The van der Waals surface area contributed by atoms with Gasteiger partial charge in [0.05, 0.1) is 11.5 Å². The van der Waals surface area contributed by atoms with Crippen molar-refractivity contribution < 1.29 is 9.53 Å². The average Bonchev–Trinajstić information content (AvgIpc) is 2.88. The molecule has 4 heteroatoms. The zero-order chi connectivity index (χ0) is 13.0. The van der Waals surface area contributed by atoms with Crippen LogP contribution < -0.4 is 10.1 Å². The molecule has 3 nitrogen and oxygen atoms in total. The number of rotatable bonds is 4. The van der Waals surface area contributed by atoms with E-state index < -0.39 is 0 Å². The second-order valence-corrected chi connectivity index (χ2v) is 4.79. The molecule has 0 aliphatic carbocycles. The molecule has 0 saturated heterocycles. The van der Waals surface area contributed by atoms with Crippen molar-refractivity contribution in [2.75, 3.05) is 13.7 Å². The minimum Gasteiger partial charge on any atom is -0.494 e. The van der Waals surface area contributed by atoms with Gasteiger partial charge in [0.25, 0.3) is 5.91 Å². The summed E-state index contributed by atoms with van der Waals surface area (Å²) in [5, 5.41) is 2.62. The molecule has 0 aliphatic rings. The van der Waals surface area contributed by atoms with Crippen molar-refractivity contribution in [1.82, 2.24) is 5.32 Å². The number of hydrogen-bond donors (Lipinski definition) is 1. The second kappa shape index (κ2) is 5.69. The lowest BCUT2D eigenvalue weighted by Gasteiger charge is -2.04. The van der Waals surface area contributed by atoms with E-state index in [4.69, 9.17) is 4.74 Å². The van der Waals surface area contributed by atoms with Crippen LogP contribution in [0.5, 0.6) is 5.75 Å². The SMILES string of the molecule is CCOc1cccc(-c2ccc(C(=O)NC)s2)c1. The van der Waals surface area contributed by atoms with Crippen LogP contribution >= 0.6 is 11.3 Å². The van der Waals surface area contributed by atoms with Gasteiger partial charge in [0.15, 0.2) is 0 Å². The maximum atomic E-state index is 11.5. The molecule has 18 heavy (non-hydrogen) atoms. The summed E-state index contributed by atoms with van der Waals surface area (Å²) in [6, 6.07) is 11.7. The summed E-state index contributed by atoms with van der Waals surface area (Å²) < 4.78 is 5.47. The lowest BCUT2D eigenvalue weighted by atomic mass is 10.2. The number of carbonyl (C=O) groups is 1. The summed E-state index contributed by atoms with van der Waals surface area (Å²) in [6.07, 6.45) is 0. The van der Waals surface area contributed by atoms with E-state index in [2.05, 4.69) is 5.32 Å². The van der Waals surface area contributed by atoms with Crippen molar-refractivity contribution in [3.05, 3.63) is 41.3 Å². The fourth-order valence-electron chi connectivity index (χ4n) is 1.64. The Hall–Kier alpha value is -1.81.